The first-order valence-corrected chi connectivity index (χ1v) is 8.62. The topological polar surface area (TPSA) is 94.5 Å². The van der Waals surface area contributed by atoms with Gasteiger partial charge in [-0.1, -0.05) is 19.9 Å². The fourth-order valence-electron chi connectivity index (χ4n) is 2.65. The molecule has 0 bridgehead atoms. The summed E-state index contributed by atoms with van der Waals surface area (Å²) in [5.74, 6) is 0.00798. The zero-order valence-electron chi connectivity index (χ0n) is 15.8. The number of aromatic nitrogens is 2. The highest BCUT2D eigenvalue weighted by atomic mass is 16.2. The van der Waals surface area contributed by atoms with E-state index in [2.05, 4.69) is 22.6 Å². The molecule has 1 amide bonds. The maximum absolute atomic E-state index is 12.7. The predicted molar refractivity (Wildman–Crippen MR) is 99.4 cm³/mol. The summed E-state index contributed by atoms with van der Waals surface area (Å²) in [6, 6.07) is 9.49. The number of benzene rings is 1. The SMILES string of the molecule is Cc1cc(-c2nn(C(C)C)c(C(=O)NCC(C)C)c2C#N)ccc1C#N. The van der Waals surface area contributed by atoms with Crippen LogP contribution in [0.5, 0.6) is 0 Å². The Balaban J connectivity index is 2.61. The van der Waals surface area contributed by atoms with Crippen molar-refractivity contribution in [2.24, 2.45) is 5.92 Å². The van der Waals surface area contributed by atoms with Gasteiger partial charge in [0.1, 0.15) is 23.0 Å². The number of aryl methyl sites for hydroxylation is 1. The van der Waals surface area contributed by atoms with Crippen molar-refractivity contribution in [2.75, 3.05) is 6.54 Å². The number of nitrogens with one attached hydrogen (secondary N) is 1. The third-order valence-electron chi connectivity index (χ3n) is 4.02. The minimum atomic E-state index is -0.298. The maximum Gasteiger partial charge on any atom is 0.270 e. The van der Waals surface area contributed by atoms with Gasteiger partial charge in [0.2, 0.25) is 0 Å². The Morgan fingerprint density at radius 3 is 2.42 bits per heavy atom. The molecule has 2 rings (SSSR count). The van der Waals surface area contributed by atoms with E-state index in [4.69, 9.17) is 5.26 Å². The Labute approximate surface area is 154 Å². The van der Waals surface area contributed by atoms with E-state index in [0.29, 0.717) is 23.7 Å². The highest BCUT2D eigenvalue weighted by molar-refractivity contribution is 5.97. The van der Waals surface area contributed by atoms with Crippen LogP contribution in [-0.4, -0.2) is 22.2 Å². The van der Waals surface area contributed by atoms with E-state index in [1.807, 2.05) is 40.7 Å². The van der Waals surface area contributed by atoms with Gasteiger partial charge in [0.15, 0.2) is 0 Å². The van der Waals surface area contributed by atoms with Crippen molar-refractivity contribution >= 4 is 5.91 Å². The van der Waals surface area contributed by atoms with Crippen molar-refractivity contribution in [1.29, 1.82) is 10.5 Å². The molecule has 0 unspecified atom stereocenters. The highest BCUT2D eigenvalue weighted by Gasteiger charge is 2.26. The van der Waals surface area contributed by atoms with Crippen LogP contribution in [-0.2, 0) is 0 Å². The smallest absolute Gasteiger partial charge is 0.270 e. The quantitative estimate of drug-likeness (QED) is 0.892. The third kappa shape index (κ3) is 3.75. The molecule has 0 spiro atoms. The van der Waals surface area contributed by atoms with Gasteiger partial charge >= 0.3 is 0 Å². The van der Waals surface area contributed by atoms with E-state index >= 15 is 0 Å². The number of nitriles is 2. The fraction of sp³-hybridized carbons (Fsp3) is 0.400. The number of hydrogen-bond donors (Lipinski definition) is 1. The lowest BCUT2D eigenvalue weighted by Gasteiger charge is -2.12. The summed E-state index contributed by atoms with van der Waals surface area (Å²) >= 11 is 0. The molecular weight excluding hydrogens is 326 g/mol. The largest absolute Gasteiger partial charge is 0.350 e. The molecule has 6 nitrogen and oxygen atoms in total. The summed E-state index contributed by atoms with van der Waals surface area (Å²) in [5, 5.41) is 26.2. The van der Waals surface area contributed by atoms with Gasteiger partial charge in [-0.2, -0.15) is 15.6 Å². The molecule has 0 fully saturated rings. The molecule has 0 aliphatic heterocycles. The average Bonchev–Trinajstić information content (AvgIpc) is 2.99. The van der Waals surface area contributed by atoms with Crippen LogP contribution in [0.1, 0.15) is 60.9 Å². The molecule has 0 saturated carbocycles. The molecule has 0 saturated heterocycles. The molecule has 1 aromatic carbocycles. The third-order valence-corrected chi connectivity index (χ3v) is 4.02. The Morgan fingerprint density at radius 2 is 1.92 bits per heavy atom. The lowest BCUT2D eigenvalue weighted by atomic mass is 10.0. The molecule has 0 aliphatic rings. The summed E-state index contributed by atoms with van der Waals surface area (Å²) in [7, 11) is 0. The molecule has 134 valence electrons. The summed E-state index contributed by atoms with van der Waals surface area (Å²) in [4.78, 5) is 12.7. The number of carbonyl (C=O) groups is 1. The van der Waals surface area contributed by atoms with Crippen molar-refractivity contribution in [3.8, 4) is 23.4 Å². The normalized spacial score (nSPS) is 10.7. The molecule has 0 aliphatic carbocycles. The Bertz CT molecular complexity index is 910. The van der Waals surface area contributed by atoms with E-state index in [1.165, 1.54) is 0 Å². The number of amides is 1. The summed E-state index contributed by atoms with van der Waals surface area (Å²) < 4.78 is 1.59. The Morgan fingerprint density at radius 1 is 1.23 bits per heavy atom. The van der Waals surface area contributed by atoms with Crippen molar-refractivity contribution in [3.05, 3.63) is 40.6 Å². The minimum Gasteiger partial charge on any atom is -0.350 e. The van der Waals surface area contributed by atoms with Crippen LogP contribution in [0.2, 0.25) is 0 Å². The molecule has 1 heterocycles. The van der Waals surface area contributed by atoms with Crippen molar-refractivity contribution in [1.82, 2.24) is 15.1 Å². The van der Waals surface area contributed by atoms with E-state index in [0.717, 1.165) is 11.1 Å². The second-order valence-electron chi connectivity index (χ2n) is 6.97. The minimum absolute atomic E-state index is 0.0740. The van der Waals surface area contributed by atoms with Gasteiger partial charge in [0.05, 0.1) is 11.6 Å². The molecule has 0 atom stereocenters. The molecule has 2 aromatic rings. The van der Waals surface area contributed by atoms with E-state index in [9.17, 15) is 10.1 Å². The van der Waals surface area contributed by atoms with Crippen LogP contribution in [0.3, 0.4) is 0 Å². The first-order valence-electron chi connectivity index (χ1n) is 8.62. The molecule has 26 heavy (non-hydrogen) atoms. The molecule has 0 radical (unpaired) electrons. The number of rotatable bonds is 5. The van der Waals surface area contributed by atoms with Crippen LogP contribution in [0, 0.1) is 35.5 Å². The second-order valence-corrected chi connectivity index (χ2v) is 6.97. The number of carbonyl (C=O) groups excluding carboxylic acids is 1. The van der Waals surface area contributed by atoms with Gasteiger partial charge < -0.3 is 5.32 Å². The van der Waals surface area contributed by atoms with Crippen LogP contribution in [0.15, 0.2) is 18.2 Å². The van der Waals surface area contributed by atoms with Gasteiger partial charge in [0, 0.05) is 18.2 Å². The van der Waals surface area contributed by atoms with Crippen LogP contribution < -0.4 is 5.32 Å². The van der Waals surface area contributed by atoms with Crippen molar-refractivity contribution < 1.29 is 4.79 Å². The van der Waals surface area contributed by atoms with E-state index < -0.39 is 0 Å². The van der Waals surface area contributed by atoms with Crippen molar-refractivity contribution in [3.63, 3.8) is 0 Å². The van der Waals surface area contributed by atoms with Crippen LogP contribution >= 0.6 is 0 Å². The Hall–Kier alpha value is -3.12. The van der Waals surface area contributed by atoms with Crippen LogP contribution in [0.25, 0.3) is 11.3 Å². The van der Waals surface area contributed by atoms with Gasteiger partial charge in [-0.05, 0) is 44.4 Å². The van der Waals surface area contributed by atoms with Gasteiger partial charge in [0.25, 0.3) is 5.91 Å². The first-order chi connectivity index (χ1) is 12.3. The second kappa shape index (κ2) is 7.84. The van der Waals surface area contributed by atoms with E-state index in [-0.39, 0.29) is 23.2 Å². The summed E-state index contributed by atoms with van der Waals surface area (Å²) in [6.45, 7) is 10.2. The molecule has 1 N–H and O–H groups in total. The zero-order chi connectivity index (χ0) is 19.4. The van der Waals surface area contributed by atoms with Gasteiger partial charge in [-0.15, -0.1) is 0 Å². The molecular formula is C20H23N5O. The summed E-state index contributed by atoms with van der Waals surface area (Å²) in [6.07, 6.45) is 0. The van der Waals surface area contributed by atoms with E-state index in [1.54, 1.807) is 16.8 Å². The van der Waals surface area contributed by atoms with Gasteiger partial charge in [-0.25, -0.2) is 0 Å². The predicted octanol–water partition coefficient (Wildman–Crippen LogP) is 3.57. The first kappa shape index (κ1) is 19.2. The van der Waals surface area contributed by atoms with Gasteiger partial charge in [-0.3, -0.25) is 9.48 Å². The average molecular weight is 349 g/mol. The number of nitrogens with zero attached hydrogens (tertiary/aromatic N) is 4. The monoisotopic (exact) mass is 349 g/mol. The highest BCUT2D eigenvalue weighted by Crippen LogP contribution is 2.28. The zero-order valence-corrected chi connectivity index (χ0v) is 15.8. The van der Waals surface area contributed by atoms with Crippen LogP contribution in [0.4, 0.5) is 0 Å². The lowest BCUT2D eigenvalue weighted by molar-refractivity contribution is 0.0936. The standard InChI is InChI=1S/C20H23N5O/c1-12(2)11-23-20(26)19-17(10-22)18(24-25(19)13(3)4)15-6-7-16(9-21)14(5)8-15/h6-8,12-13H,11H2,1-5H3,(H,23,26). The molecule has 1 aromatic heterocycles. The number of hydrogen-bond acceptors (Lipinski definition) is 4. The maximum atomic E-state index is 12.7. The van der Waals surface area contributed by atoms with Crippen molar-refractivity contribution in [2.45, 2.75) is 40.7 Å². The lowest BCUT2D eigenvalue weighted by Crippen LogP contribution is -2.30. The molecule has 6 heteroatoms. The Kier molecular flexibility index (Phi) is 5.79. The fourth-order valence-corrected chi connectivity index (χ4v) is 2.65. The summed E-state index contributed by atoms with van der Waals surface area (Å²) in [5.41, 5.74) is 3.09.